The van der Waals surface area contributed by atoms with Gasteiger partial charge in [0.05, 0.1) is 5.75 Å². The van der Waals surface area contributed by atoms with Crippen molar-refractivity contribution in [3.63, 3.8) is 0 Å². The first-order valence-electron chi connectivity index (χ1n) is 7.47. The number of carbonyl (C=O) groups is 1. The number of aromatic nitrogens is 3. The van der Waals surface area contributed by atoms with Gasteiger partial charge in [0, 0.05) is 22.6 Å². The van der Waals surface area contributed by atoms with Crippen molar-refractivity contribution >= 4 is 34.0 Å². The molecule has 2 aromatic heterocycles. The van der Waals surface area contributed by atoms with Gasteiger partial charge in [0.1, 0.15) is 0 Å². The van der Waals surface area contributed by atoms with Crippen LogP contribution in [0.25, 0.3) is 5.69 Å². The first-order valence-corrected chi connectivity index (χ1v) is 9.27. The van der Waals surface area contributed by atoms with Crippen LogP contribution in [0.15, 0.2) is 34.7 Å². The second-order valence-electron chi connectivity index (χ2n) is 5.52. The molecule has 0 unspecified atom stereocenters. The van der Waals surface area contributed by atoms with Gasteiger partial charge in [-0.25, -0.2) is 0 Å². The van der Waals surface area contributed by atoms with E-state index in [-0.39, 0.29) is 5.78 Å². The lowest BCUT2D eigenvalue weighted by atomic mass is 10.1. The van der Waals surface area contributed by atoms with Gasteiger partial charge in [-0.1, -0.05) is 41.3 Å². The van der Waals surface area contributed by atoms with Crippen LogP contribution in [-0.2, 0) is 0 Å². The van der Waals surface area contributed by atoms with E-state index in [1.165, 1.54) is 28.7 Å². The second-order valence-corrected chi connectivity index (χ2v) is 7.76. The zero-order chi connectivity index (χ0) is 17.3. The van der Waals surface area contributed by atoms with Crippen LogP contribution in [0.4, 0.5) is 5.13 Å². The monoisotopic (exact) mass is 358 g/mol. The summed E-state index contributed by atoms with van der Waals surface area (Å²) in [5.41, 5.74) is 10.6. The number of carbonyl (C=O) groups excluding carboxylic acids is 1. The Balaban J connectivity index is 1.86. The van der Waals surface area contributed by atoms with Crippen molar-refractivity contribution in [3.05, 3.63) is 52.8 Å². The first-order chi connectivity index (χ1) is 11.5. The molecule has 124 valence electrons. The molecule has 0 atom stereocenters. The van der Waals surface area contributed by atoms with Crippen LogP contribution in [0.2, 0.25) is 0 Å². The number of aryl methyl sites for hydroxylation is 2. The molecule has 0 radical (unpaired) electrons. The number of para-hydroxylation sites is 1. The predicted molar refractivity (Wildman–Crippen MR) is 99.4 cm³/mol. The number of hydrogen-bond donors (Lipinski definition) is 1. The standard InChI is InChI=1S/C17H18N4OS2/c1-10-6-4-5-7-14(10)21-11(2)8-13(12(21)3)15(22)9-23-17-20-19-16(18)24-17/h4-8H,9H2,1-3H3,(H2,18,19). The smallest absolute Gasteiger partial charge is 0.203 e. The SMILES string of the molecule is Cc1ccccc1-n1c(C)cc(C(=O)CSc2nnc(N)s2)c1C. The molecule has 0 saturated carbocycles. The Morgan fingerprint density at radius 1 is 1.25 bits per heavy atom. The van der Waals surface area contributed by atoms with E-state index < -0.39 is 0 Å². The molecule has 0 spiro atoms. The molecule has 0 amide bonds. The van der Waals surface area contributed by atoms with Crippen molar-refractivity contribution in [2.24, 2.45) is 0 Å². The maximum Gasteiger partial charge on any atom is 0.203 e. The number of hydrogen-bond acceptors (Lipinski definition) is 6. The van der Waals surface area contributed by atoms with Gasteiger partial charge >= 0.3 is 0 Å². The predicted octanol–water partition coefficient (Wildman–Crippen LogP) is 3.81. The molecular weight excluding hydrogens is 340 g/mol. The minimum Gasteiger partial charge on any atom is -0.374 e. The largest absolute Gasteiger partial charge is 0.374 e. The third-order valence-corrected chi connectivity index (χ3v) is 5.72. The number of ketones is 1. The van der Waals surface area contributed by atoms with Gasteiger partial charge < -0.3 is 10.3 Å². The molecule has 0 fully saturated rings. The fraction of sp³-hybridized carbons (Fsp3) is 0.235. The molecule has 0 saturated heterocycles. The molecule has 7 heteroatoms. The van der Waals surface area contributed by atoms with Crippen LogP contribution in [0.5, 0.6) is 0 Å². The first kappa shape index (κ1) is 16.7. The van der Waals surface area contributed by atoms with Crippen molar-refractivity contribution in [2.45, 2.75) is 25.1 Å². The summed E-state index contributed by atoms with van der Waals surface area (Å²) in [6, 6.07) is 10.1. The molecule has 0 aliphatic heterocycles. The Kier molecular flexibility index (Phi) is 4.73. The quantitative estimate of drug-likeness (QED) is 0.554. The highest BCUT2D eigenvalue weighted by molar-refractivity contribution is 8.01. The fourth-order valence-electron chi connectivity index (χ4n) is 2.71. The molecular formula is C17H18N4OS2. The summed E-state index contributed by atoms with van der Waals surface area (Å²) in [6.07, 6.45) is 0. The van der Waals surface area contributed by atoms with E-state index in [0.29, 0.717) is 15.2 Å². The summed E-state index contributed by atoms with van der Waals surface area (Å²) in [4.78, 5) is 12.6. The summed E-state index contributed by atoms with van der Waals surface area (Å²) in [7, 11) is 0. The summed E-state index contributed by atoms with van der Waals surface area (Å²) < 4.78 is 2.85. The Morgan fingerprint density at radius 2 is 2.00 bits per heavy atom. The molecule has 3 aromatic rings. The molecule has 5 nitrogen and oxygen atoms in total. The van der Waals surface area contributed by atoms with Crippen molar-refractivity contribution in [2.75, 3.05) is 11.5 Å². The second kappa shape index (κ2) is 6.78. The number of benzene rings is 1. The van der Waals surface area contributed by atoms with E-state index in [0.717, 1.165) is 22.6 Å². The average Bonchev–Trinajstić information content (AvgIpc) is 3.09. The van der Waals surface area contributed by atoms with Gasteiger partial charge in [-0.2, -0.15) is 0 Å². The van der Waals surface area contributed by atoms with Crippen LogP contribution >= 0.6 is 23.1 Å². The lowest BCUT2D eigenvalue weighted by molar-refractivity contribution is 0.102. The van der Waals surface area contributed by atoms with Crippen LogP contribution in [-0.4, -0.2) is 26.3 Å². The van der Waals surface area contributed by atoms with E-state index >= 15 is 0 Å². The van der Waals surface area contributed by atoms with Gasteiger partial charge in [-0.05, 0) is 38.5 Å². The van der Waals surface area contributed by atoms with Gasteiger partial charge in [-0.15, -0.1) is 10.2 Å². The summed E-state index contributed by atoms with van der Waals surface area (Å²) in [5, 5.41) is 8.12. The summed E-state index contributed by atoms with van der Waals surface area (Å²) >= 11 is 2.67. The zero-order valence-corrected chi connectivity index (χ0v) is 15.4. The van der Waals surface area contributed by atoms with Crippen molar-refractivity contribution in [1.29, 1.82) is 0 Å². The Hall–Kier alpha value is -2.12. The molecule has 3 rings (SSSR count). The van der Waals surface area contributed by atoms with Gasteiger partial charge in [-0.3, -0.25) is 4.79 Å². The lowest BCUT2D eigenvalue weighted by Gasteiger charge is -2.12. The lowest BCUT2D eigenvalue weighted by Crippen LogP contribution is -2.06. The van der Waals surface area contributed by atoms with Gasteiger partial charge in [0.2, 0.25) is 5.13 Å². The average molecular weight is 358 g/mol. The van der Waals surface area contributed by atoms with Crippen LogP contribution in [0.1, 0.15) is 27.3 Å². The minimum atomic E-state index is 0.0849. The Labute approximate surface area is 148 Å². The van der Waals surface area contributed by atoms with E-state index in [2.05, 4.69) is 33.8 Å². The third kappa shape index (κ3) is 3.22. The number of rotatable bonds is 5. The highest BCUT2D eigenvalue weighted by Gasteiger charge is 2.18. The van der Waals surface area contributed by atoms with E-state index in [4.69, 9.17) is 5.73 Å². The number of nitrogens with two attached hydrogens (primary N) is 1. The van der Waals surface area contributed by atoms with E-state index in [9.17, 15) is 4.79 Å². The molecule has 1 aromatic carbocycles. The topological polar surface area (TPSA) is 73.8 Å². The number of Topliss-reactive ketones (excluding diaryl/α,β-unsaturated/α-hetero) is 1. The molecule has 2 heterocycles. The number of nitrogens with zero attached hydrogens (tertiary/aromatic N) is 3. The van der Waals surface area contributed by atoms with Crippen molar-refractivity contribution in [3.8, 4) is 5.69 Å². The number of nitrogen functional groups attached to an aromatic ring is 1. The molecule has 0 aliphatic carbocycles. The highest BCUT2D eigenvalue weighted by atomic mass is 32.2. The van der Waals surface area contributed by atoms with Crippen molar-refractivity contribution in [1.82, 2.24) is 14.8 Å². The van der Waals surface area contributed by atoms with Crippen molar-refractivity contribution < 1.29 is 4.79 Å². The molecule has 24 heavy (non-hydrogen) atoms. The highest BCUT2D eigenvalue weighted by Crippen LogP contribution is 2.27. The van der Waals surface area contributed by atoms with Gasteiger partial charge in [0.15, 0.2) is 10.1 Å². The van der Waals surface area contributed by atoms with E-state index in [1.54, 1.807) is 0 Å². The molecule has 0 bridgehead atoms. The van der Waals surface area contributed by atoms with Crippen LogP contribution < -0.4 is 5.73 Å². The van der Waals surface area contributed by atoms with Crippen LogP contribution in [0, 0.1) is 20.8 Å². The van der Waals surface area contributed by atoms with Gasteiger partial charge in [0.25, 0.3) is 0 Å². The minimum absolute atomic E-state index is 0.0849. The fourth-order valence-corrected chi connectivity index (χ4v) is 4.23. The maximum absolute atomic E-state index is 12.6. The Morgan fingerprint density at radius 3 is 2.67 bits per heavy atom. The third-order valence-electron chi connectivity index (χ3n) is 3.84. The van der Waals surface area contributed by atoms with E-state index in [1.807, 2.05) is 32.0 Å². The molecule has 2 N–H and O–H groups in total. The maximum atomic E-state index is 12.6. The van der Waals surface area contributed by atoms with Crippen LogP contribution in [0.3, 0.4) is 0 Å². The summed E-state index contributed by atoms with van der Waals surface area (Å²) in [6.45, 7) is 6.08. The Bertz CT molecular complexity index is 898. The zero-order valence-electron chi connectivity index (χ0n) is 13.7. The molecule has 0 aliphatic rings. The number of thioether (sulfide) groups is 1. The summed E-state index contributed by atoms with van der Waals surface area (Å²) in [5.74, 6) is 0.411. The number of anilines is 1. The normalized spacial score (nSPS) is 11.0.